The number of ether oxygens (including phenoxy) is 1. The standard InChI is InChI=1S/C30H37N3O4/c1-19-15-33(20(2)17-34)30(36)28-27(24-11-7-8-12-25(24)32(28)4)23-10-6-5-9-22(23)18-37-26(19)16-31(3)29(35)21-13-14-21/h5-12,19-21,26,34H,13-18H2,1-4H3/t19-,20+,26+/m1/s1. The van der Waals surface area contributed by atoms with Crippen molar-refractivity contribution in [2.24, 2.45) is 18.9 Å². The molecule has 1 aliphatic carbocycles. The molecule has 0 spiro atoms. The molecule has 2 aromatic carbocycles. The summed E-state index contributed by atoms with van der Waals surface area (Å²) in [6.07, 6.45) is 1.65. The molecular formula is C30H37N3O4. The molecule has 37 heavy (non-hydrogen) atoms. The van der Waals surface area contributed by atoms with E-state index in [-0.39, 0.29) is 42.4 Å². The highest BCUT2D eigenvalue weighted by molar-refractivity contribution is 6.10. The fourth-order valence-corrected chi connectivity index (χ4v) is 5.53. The number of aromatic nitrogens is 1. The molecule has 0 unspecified atom stereocenters. The van der Waals surface area contributed by atoms with Crippen LogP contribution in [0.2, 0.25) is 0 Å². The molecule has 1 aromatic heterocycles. The maximum Gasteiger partial charge on any atom is 0.271 e. The zero-order chi connectivity index (χ0) is 26.3. The maximum atomic E-state index is 14.3. The summed E-state index contributed by atoms with van der Waals surface area (Å²) in [6, 6.07) is 15.8. The minimum Gasteiger partial charge on any atom is -0.394 e. The van der Waals surface area contributed by atoms with Crippen LogP contribution in [-0.4, -0.2) is 70.2 Å². The molecule has 1 fully saturated rings. The largest absolute Gasteiger partial charge is 0.394 e. The molecule has 1 N–H and O–H groups in total. The van der Waals surface area contributed by atoms with E-state index in [1.807, 2.05) is 55.9 Å². The lowest BCUT2D eigenvalue weighted by Crippen LogP contribution is -2.48. The van der Waals surface area contributed by atoms with E-state index in [9.17, 15) is 14.7 Å². The predicted molar refractivity (Wildman–Crippen MR) is 144 cm³/mol. The van der Waals surface area contributed by atoms with Gasteiger partial charge in [-0.05, 0) is 37.0 Å². The number of likely N-dealkylation sites (N-methyl/N-ethyl adjacent to an activating group) is 1. The predicted octanol–water partition coefficient (Wildman–Crippen LogP) is 4.07. The summed E-state index contributed by atoms with van der Waals surface area (Å²) < 4.78 is 8.54. The van der Waals surface area contributed by atoms with Crippen LogP contribution in [0, 0.1) is 11.8 Å². The van der Waals surface area contributed by atoms with Crippen molar-refractivity contribution in [3.05, 3.63) is 59.8 Å². The first kappa shape index (κ1) is 25.5. The summed E-state index contributed by atoms with van der Waals surface area (Å²) in [5.41, 5.74) is 4.46. The number of fused-ring (bicyclic) bond motifs is 5. The summed E-state index contributed by atoms with van der Waals surface area (Å²) in [5, 5.41) is 11.1. The van der Waals surface area contributed by atoms with Crippen molar-refractivity contribution in [2.45, 2.75) is 45.4 Å². The number of hydrogen-bond donors (Lipinski definition) is 1. The second kappa shape index (κ2) is 10.3. The highest BCUT2D eigenvalue weighted by Gasteiger charge is 2.36. The summed E-state index contributed by atoms with van der Waals surface area (Å²) in [6.45, 7) is 5.05. The average Bonchev–Trinajstić information content (AvgIpc) is 3.72. The maximum absolute atomic E-state index is 14.3. The van der Waals surface area contributed by atoms with Crippen LogP contribution >= 0.6 is 0 Å². The van der Waals surface area contributed by atoms with Crippen molar-refractivity contribution in [3.8, 4) is 11.1 Å². The van der Waals surface area contributed by atoms with Gasteiger partial charge in [0.1, 0.15) is 5.69 Å². The van der Waals surface area contributed by atoms with Gasteiger partial charge in [-0.25, -0.2) is 0 Å². The van der Waals surface area contributed by atoms with Gasteiger partial charge in [0.05, 0.1) is 25.4 Å². The van der Waals surface area contributed by atoms with Gasteiger partial charge in [-0.3, -0.25) is 9.59 Å². The molecule has 1 aliphatic heterocycles. The van der Waals surface area contributed by atoms with E-state index in [4.69, 9.17) is 4.74 Å². The number of rotatable bonds is 5. The van der Waals surface area contributed by atoms with Crippen LogP contribution in [0.5, 0.6) is 0 Å². The van der Waals surface area contributed by atoms with E-state index in [1.54, 1.807) is 9.80 Å². The molecule has 3 aromatic rings. The minimum absolute atomic E-state index is 0.0594. The summed E-state index contributed by atoms with van der Waals surface area (Å²) in [7, 11) is 3.78. The Kier molecular flexibility index (Phi) is 7.10. The Labute approximate surface area is 218 Å². The number of nitrogens with zero attached hydrogens (tertiary/aromatic N) is 3. The van der Waals surface area contributed by atoms with E-state index in [0.717, 1.165) is 40.4 Å². The lowest BCUT2D eigenvalue weighted by atomic mass is 9.96. The summed E-state index contributed by atoms with van der Waals surface area (Å²) in [4.78, 5) is 30.6. The number of amides is 2. The molecule has 3 atom stereocenters. The number of para-hydroxylation sites is 1. The molecule has 7 nitrogen and oxygen atoms in total. The molecule has 2 heterocycles. The van der Waals surface area contributed by atoms with Crippen molar-refractivity contribution in [1.82, 2.24) is 14.4 Å². The SMILES string of the molecule is C[C@@H]1CN([C@@H](C)CO)C(=O)c2c(c3ccccc3n2C)-c2ccccc2CO[C@H]1CN(C)C(=O)C1CC1. The van der Waals surface area contributed by atoms with Crippen LogP contribution in [0.15, 0.2) is 48.5 Å². The quantitative estimate of drug-likeness (QED) is 0.570. The van der Waals surface area contributed by atoms with Crippen LogP contribution in [0.25, 0.3) is 22.0 Å². The number of aryl methyl sites for hydroxylation is 1. The van der Waals surface area contributed by atoms with Gasteiger partial charge in [-0.15, -0.1) is 0 Å². The van der Waals surface area contributed by atoms with E-state index < -0.39 is 0 Å². The summed E-state index contributed by atoms with van der Waals surface area (Å²) in [5.74, 6) is 0.135. The molecule has 5 rings (SSSR count). The topological polar surface area (TPSA) is 75.0 Å². The third-order valence-electron chi connectivity index (χ3n) is 7.98. The number of hydrogen-bond acceptors (Lipinski definition) is 4. The number of carbonyl (C=O) groups is 2. The lowest BCUT2D eigenvalue weighted by Gasteiger charge is -2.35. The Bertz CT molecular complexity index is 1310. The highest BCUT2D eigenvalue weighted by Crippen LogP contribution is 2.38. The van der Waals surface area contributed by atoms with Gasteiger partial charge in [0.25, 0.3) is 5.91 Å². The molecule has 0 radical (unpaired) electrons. The van der Waals surface area contributed by atoms with Crippen LogP contribution in [-0.2, 0) is 23.2 Å². The third-order valence-corrected chi connectivity index (χ3v) is 7.98. The molecule has 0 bridgehead atoms. The van der Waals surface area contributed by atoms with Crippen molar-refractivity contribution in [3.63, 3.8) is 0 Å². The number of aliphatic hydroxyl groups excluding tert-OH is 1. The highest BCUT2D eigenvalue weighted by atomic mass is 16.5. The van der Waals surface area contributed by atoms with E-state index in [2.05, 4.69) is 25.1 Å². The van der Waals surface area contributed by atoms with Crippen molar-refractivity contribution in [2.75, 3.05) is 26.7 Å². The van der Waals surface area contributed by atoms with Gasteiger partial charge >= 0.3 is 0 Å². The molecule has 2 aliphatic rings. The Balaban J connectivity index is 1.63. The first-order valence-corrected chi connectivity index (χ1v) is 13.3. The normalized spacial score (nSPS) is 21.2. The Hall–Kier alpha value is -3.16. The van der Waals surface area contributed by atoms with Gasteiger partial charge in [-0.1, -0.05) is 49.4 Å². The van der Waals surface area contributed by atoms with Gasteiger partial charge in [0.15, 0.2) is 0 Å². The smallest absolute Gasteiger partial charge is 0.271 e. The zero-order valence-electron chi connectivity index (χ0n) is 22.2. The molecular weight excluding hydrogens is 466 g/mol. The van der Waals surface area contributed by atoms with Crippen LogP contribution < -0.4 is 0 Å². The number of benzene rings is 2. The number of aliphatic hydroxyl groups is 1. The second-order valence-electron chi connectivity index (χ2n) is 10.8. The van der Waals surface area contributed by atoms with E-state index in [1.165, 1.54) is 0 Å². The molecule has 0 saturated heterocycles. The first-order valence-electron chi connectivity index (χ1n) is 13.3. The molecule has 1 saturated carbocycles. The Morgan fingerprint density at radius 3 is 2.59 bits per heavy atom. The van der Waals surface area contributed by atoms with Gasteiger partial charge in [0, 0.05) is 55.5 Å². The molecule has 2 amide bonds. The Morgan fingerprint density at radius 1 is 1.16 bits per heavy atom. The third kappa shape index (κ3) is 4.78. The van der Waals surface area contributed by atoms with Gasteiger partial charge in [-0.2, -0.15) is 0 Å². The monoisotopic (exact) mass is 503 g/mol. The summed E-state index contributed by atoms with van der Waals surface area (Å²) >= 11 is 0. The lowest BCUT2D eigenvalue weighted by molar-refractivity contribution is -0.134. The van der Waals surface area contributed by atoms with Crippen molar-refractivity contribution < 1.29 is 19.4 Å². The fourth-order valence-electron chi connectivity index (χ4n) is 5.53. The Morgan fingerprint density at radius 2 is 1.86 bits per heavy atom. The fraction of sp³-hybridized carbons (Fsp3) is 0.467. The van der Waals surface area contributed by atoms with Gasteiger partial charge in [0.2, 0.25) is 5.91 Å². The molecule has 196 valence electrons. The van der Waals surface area contributed by atoms with Crippen molar-refractivity contribution >= 4 is 22.7 Å². The first-order chi connectivity index (χ1) is 17.8. The van der Waals surface area contributed by atoms with E-state index >= 15 is 0 Å². The van der Waals surface area contributed by atoms with Crippen LogP contribution in [0.1, 0.15) is 42.7 Å². The number of carbonyl (C=O) groups excluding carboxylic acids is 2. The van der Waals surface area contributed by atoms with Crippen molar-refractivity contribution in [1.29, 1.82) is 0 Å². The molecule has 7 heteroatoms. The van der Waals surface area contributed by atoms with Crippen LogP contribution in [0.4, 0.5) is 0 Å². The zero-order valence-corrected chi connectivity index (χ0v) is 22.2. The van der Waals surface area contributed by atoms with Gasteiger partial charge < -0.3 is 24.2 Å². The minimum atomic E-state index is -0.372. The average molecular weight is 504 g/mol. The van der Waals surface area contributed by atoms with E-state index in [0.29, 0.717) is 25.4 Å². The second-order valence-corrected chi connectivity index (χ2v) is 10.8. The van der Waals surface area contributed by atoms with Crippen LogP contribution in [0.3, 0.4) is 0 Å².